The Hall–Kier alpha value is -0.0400. The van der Waals surface area contributed by atoms with E-state index in [2.05, 4.69) is 76.2 Å². The number of nitrogens with two attached hydrogens (primary N) is 1. The highest BCUT2D eigenvalue weighted by Crippen LogP contribution is 2.73. The largest absolute Gasteiger partial charge is 0.324 e. The second-order valence-corrected chi connectivity index (χ2v) is 10.2. The molecule has 0 radical (unpaired) electrons. The van der Waals surface area contributed by atoms with Gasteiger partial charge in [-0.3, -0.25) is 0 Å². The lowest BCUT2D eigenvalue weighted by atomic mass is 9.52. The third-order valence-electron chi connectivity index (χ3n) is 7.84. The lowest BCUT2D eigenvalue weighted by molar-refractivity contribution is -0.0273. The summed E-state index contributed by atoms with van der Waals surface area (Å²) in [7, 11) is 0. The highest BCUT2D eigenvalue weighted by Gasteiger charge is 2.71. The summed E-state index contributed by atoms with van der Waals surface area (Å²) in [6.45, 7) is 26.1. The van der Waals surface area contributed by atoms with Gasteiger partial charge in [-0.2, -0.15) is 0 Å². The van der Waals surface area contributed by atoms with Crippen LogP contribution >= 0.6 is 0 Å². The molecule has 1 aliphatic carbocycles. The van der Waals surface area contributed by atoms with Crippen LogP contribution in [0.4, 0.5) is 0 Å². The summed E-state index contributed by atoms with van der Waals surface area (Å²) in [5.41, 5.74) is 7.72. The zero-order valence-corrected chi connectivity index (χ0v) is 15.3. The number of hydrogen-bond donors (Lipinski definition) is 1. The van der Waals surface area contributed by atoms with E-state index >= 15 is 0 Å². The molecule has 1 heteroatoms. The van der Waals surface area contributed by atoms with Gasteiger partial charge < -0.3 is 5.73 Å². The fourth-order valence-corrected chi connectivity index (χ4v) is 4.62. The quantitative estimate of drug-likeness (QED) is 0.638. The van der Waals surface area contributed by atoms with Gasteiger partial charge in [-0.25, -0.2) is 0 Å². The molecule has 1 rings (SSSR count). The summed E-state index contributed by atoms with van der Waals surface area (Å²) in [6.07, 6.45) is 1.19. The first-order chi connectivity index (χ1) is 7.96. The smallest absolute Gasteiger partial charge is 0.0242 e. The Balaban J connectivity index is 3.58. The van der Waals surface area contributed by atoms with Gasteiger partial charge in [0.05, 0.1) is 0 Å². The van der Waals surface area contributed by atoms with Crippen molar-refractivity contribution in [3.8, 4) is 0 Å². The van der Waals surface area contributed by atoms with Crippen LogP contribution in [0.1, 0.15) is 82.6 Å². The molecule has 0 saturated heterocycles. The summed E-state index contributed by atoms with van der Waals surface area (Å²) >= 11 is 0. The average Bonchev–Trinajstić information content (AvgIpc) is 2.22. The molecule has 1 aliphatic rings. The Morgan fingerprint density at radius 1 is 0.684 bits per heavy atom. The predicted molar refractivity (Wildman–Crippen MR) is 86.1 cm³/mol. The standard InChI is InChI=1S/C18H37N/c1-13(2,3)16(9)12-17(10,14(4,5)6)18(11,19)15(16,7)8/h12,19H2,1-11H3. The Morgan fingerprint density at radius 2 is 1.00 bits per heavy atom. The van der Waals surface area contributed by atoms with Crippen molar-refractivity contribution in [2.75, 3.05) is 0 Å². The van der Waals surface area contributed by atoms with Crippen LogP contribution in [-0.2, 0) is 0 Å². The van der Waals surface area contributed by atoms with Gasteiger partial charge in [0.1, 0.15) is 0 Å². The highest BCUT2D eigenvalue weighted by molar-refractivity contribution is 5.23. The van der Waals surface area contributed by atoms with E-state index in [0.717, 1.165) is 0 Å². The van der Waals surface area contributed by atoms with Gasteiger partial charge in [0, 0.05) is 5.54 Å². The third kappa shape index (κ3) is 1.76. The minimum Gasteiger partial charge on any atom is -0.324 e. The van der Waals surface area contributed by atoms with E-state index < -0.39 is 0 Å². The van der Waals surface area contributed by atoms with Crippen LogP contribution in [0, 0.1) is 27.1 Å². The van der Waals surface area contributed by atoms with Gasteiger partial charge in [0.2, 0.25) is 0 Å². The summed E-state index contributed by atoms with van der Waals surface area (Å²) in [5.74, 6) is 0. The molecule has 1 fully saturated rings. The normalized spacial score (nSPS) is 43.6. The minimum atomic E-state index is -0.180. The molecule has 0 aromatic carbocycles. The maximum Gasteiger partial charge on any atom is 0.0242 e. The molecule has 1 saturated carbocycles. The van der Waals surface area contributed by atoms with Crippen LogP contribution in [0.3, 0.4) is 0 Å². The Morgan fingerprint density at radius 3 is 1.16 bits per heavy atom. The van der Waals surface area contributed by atoms with Crippen LogP contribution in [0.5, 0.6) is 0 Å². The molecule has 114 valence electrons. The van der Waals surface area contributed by atoms with E-state index in [1.165, 1.54) is 6.42 Å². The van der Waals surface area contributed by atoms with Crippen molar-refractivity contribution < 1.29 is 0 Å². The summed E-state index contributed by atoms with van der Waals surface area (Å²) < 4.78 is 0. The monoisotopic (exact) mass is 267 g/mol. The molecule has 1 nitrogen and oxygen atoms in total. The minimum absolute atomic E-state index is 0.0975. The number of rotatable bonds is 0. The molecule has 0 heterocycles. The molecule has 0 amide bonds. The molecule has 0 aromatic rings. The average molecular weight is 268 g/mol. The van der Waals surface area contributed by atoms with Crippen molar-refractivity contribution in [3.05, 3.63) is 0 Å². The number of hydrogen-bond acceptors (Lipinski definition) is 1. The van der Waals surface area contributed by atoms with Crippen molar-refractivity contribution in [3.63, 3.8) is 0 Å². The van der Waals surface area contributed by atoms with Gasteiger partial charge in [-0.15, -0.1) is 0 Å². The molecule has 0 bridgehead atoms. The molecule has 3 atom stereocenters. The van der Waals surface area contributed by atoms with Crippen LogP contribution in [0.15, 0.2) is 0 Å². The Bertz CT molecular complexity index is 328. The van der Waals surface area contributed by atoms with E-state index in [1.807, 2.05) is 0 Å². The van der Waals surface area contributed by atoms with Gasteiger partial charge >= 0.3 is 0 Å². The molecule has 0 aliphatic heterocycles. The lowest BCUT2D eigenvalue weighted by Gasteiger charge is -2.55. The van der Waals surface area contributed by atoms with E-state index in [1.54, 1.807) is 0 Å². The fraction of sp³-hybridized carbons (Fsp3) is 1.00. The van der Waals surface area contributed by atoms with Crippen LogP contribution in [0.25, 0.3) is 0 Å². The van der Waals surface area contributed by atoms with Crippen LogP contribution < -0.4 is 5.73 Å². The van der Waals surface area contributed by atoms with Crippen molar-refractivity contribution in [2.45, 2.75) is 88.1 Å². The van der Waals surface area contributed by atoms with Crippen LogP contribution in [-0.4, -0.2) is 5.54 Å². The highest BCUT2D eigenvalue weighted by atomic mass is 14.9. The zero-order valence-electron chi connectivity index (χ0n) is 15.3. The predicted octanol–water partition coefficient (Wildman–Crippen LogP) is 5.24. The summed E-state index contributed by atoms with van der Waals surface area (Å²) in [6, 6.07) is 0. The SMILES string of the molecule is CC(C)(C)C1(C)CC(C)(C(C)(C)C)C(C)(N)C1(C)C. The molecule has 3 unspecified atom stereocenters. The van der Waals surface area contributed by atoms with Crippen molar-refractivity contribution >= 4 is 0 Å². The first-order valence-electron chi connectivity index (χ1n) is 7.75. The molecular weight excluding hydrogens is 230 g/mol. The molecule has 0 spiro atoms. The second-order valence-electron chi connectivity index (χ2n) is 10.2. The first kappa shape index (κ1) is 17.0. The van der Waals surface area contributed by atoms with E-state index in [-0.39, 0.29) is 32.6 Å². The van der Waals surface area contributed by atoms with Gasteiger partial charge in [-0.1, -0.05) is 69.2 Å². The van der Waals surface area contributed by atoms with E-state index in [9.17, 15) is 0 Å². The van der Waals surface area contributed by atoms with Gasteiger partial charge in [0.25, 0.3) is 0 Å². The van der Waals surface area contributed by atoms with Gasteiger partial charge in [0.15, 0.2) is 0 Å². The third-order valence-corrected chi connectivity index (χ3v) is 7.84. The molecule has 0 aromatic heterocycles. The van der Waals surface area contributed by atoms with E-state index in [4.69, 9.17) is 5.73 Å². The summed E-state index contributed by atoms with van der Waals surface area (Å²) in [4.78, 5) is 0. The zero-order chi connectivity index (χ0) is 15.7. The fourth-order valence-electron chi connectivity index (χ4n) is 4.62. The molecule has 19 heavy (non-hydrogen) atoms. The van der Waals surface area contributed by atoms with Crippen molar-refractivity contribution in [1.29, 1.82) is 0 Å². The maximum atomic E-state index is 6.99. The first-order valence-corrected chi connectivity index (χ1v) is 7.75. The van der Waals surface area contributed by atoms with Gasteiger partial charge in [-0.05, 0) is 40.4 Å². The lowest BCUT2D eigenvalue weighted by Crippen LogP contribution is -2.62. The Kier molecular flexibility index (Phi) is 3.39. The topological polar surface area (TPSA) is 26.0 Å². The Labute approximate surface area is 121 Å². The second kappa shape index (κ2) is 3.78. The van der Waals surface area contributed by atoms with E-state index in [0.29, 0.717) is 0 Å². The summed E-state index contributed by atoms with van der Waals surface area (Å²) in [5, 5.41) is 0. The maximum absolute atomic E-state index is 6.99. The van der Waals surface area contributed by atoms with Crippen molar-refractivity contribution in [2.24, 2.45) is 32.8 Å². The molecule has 2 N–H and O–H groups in total. The van der Waals surface area contributed by atoms with Crippen LogP contribution in [0.2, 0.25) is 0 Å². The van der Waals surface area contributed by atoms with Crippen molar-refractivity contribution in [1.82, 2.24) is 0 Å². The molecular formula is C18H37N.